The van der Waals surface area contributed by atoms with Crippen LogP contribution < -0.4 is 0 Å². The number of hydrogen-bond donors (Lipinski definition) is 2. The number of phenols is 1. The smallest absolute Gasteiger partial charge is 0.130 e. The molecule has 0 spiro atoms. The largest absolute Gasteiger partial charge is 0.508 e. The Labute approximate surface area is 75.6 Å². The van der Waals surface area contributed by atoms with Crippen molar-refractivity contribution in [3.63, 3.8) is 0 Å². The van der Waals surface area contributed by atoms with Gasteiger partial charge >= 0.3 is 0 Å². The maximum Gasteiger partial charge on any atom is 0.130 e. The lowest BCUT2D eigenvalue weighted by Crippen LogP contribution is -2.11. The van der Waals surface area contributed by atoms with Gasteiger partial charge in [-0.3, -0.25) is 0 Å². The average molecular weight is 182 g/mol. The van der Waals surface area contributed by atoms with E-state index in [0.29, 0.717) is 12.0 Å². The van der Waals surface area contributed by atoms with E-state index >= 15 is 0 Å². The third kappa shape index (κ3) is 1.80. The van der Waals surface area contributed by atoms with E-state index in [0.717, 1.165) is 18.9 Å². The van der Waals surface area contributed by atoms with Crippen molar-refractivity contribution < 1.29 is 14.6 Å². The van der Waals surface area contributed by atoms with Crippen molar-refractivity contribution in [1.29, 1.82) is 0 Å². The van der Waals surface area contributed by atoms with E-state index in [1.54, 1.807) is 0 Å². The molecule has 1 aromatic carbocycles. The highest BCUT2D eigenvalue weighted by Gasteiger charge is 2.40. The van der Waals surface area contributed by atoms with Crippen molar-refractivity contribution in [1.82, 2.24) is 0 Å². The molecular formula is C10H11FO2. The average Bonchev–Trinajstić information content (AvgIpc) is 2.75. The molecule has 0 radical (unpaired) electrons. The first-order valence-corrected chi connectivity index (χ1v) is 4.29. The Morgan fingerprint density at radius 3 is 2.62 bits per heavy atom. The van der Waals surface area contributed by atoms with Gasteiger partial charge in [-0.05, 0) is 24.5 Å². The molecular weight excluding hydrogens is 171 g/mol. The van der Waals surface area contributed by atoms with Crippen LogP contribution in [0.3, 0.4) is 0 Å². The number of rotatable bonds is 2. The van der Waals surface area contributed by atoms with Gasteiger partial charge < -0.3 is 10.2 Å². The van der Waals surface area contributed by atoms with E-state index in [1.807, 2.05) is 0 Å². The second kappa shape index (κ2) is 2.70. The molecule has 1 aliphatic carbocycles. The second-order valence-corrected chi connectivity index (χ2v) is 3.68. The summed E-state index contributed by atoms with van der Waals surface area (Å²) in [5.74, 6) is -0.524. The summed E-state index contributed by atoms with van der Waals surface area (Å²) in [6.07, 6.45) is 1.83. The van der Waals surface area contributed by atoms with Crippen molar-refractivity contribution >= 4 is 0 Å². The molecule has 2 rings (SSSR count). The summed E-state index contributed by atoms with van der Waals surface area (Å²) in [6.45, 7) is 0. The third-order valence-corrected chi connectivity index (χ3v) is 2.38. The molecule has 0 aromatic heterocycles. The minimum atomic E-state index is -0.683. The standard InChI is InChI=1S/C10H11FO2/c11-9-5-8(12)2-1-7(9)6-10(13)3-4-10/h1-2,5,12-13H,3-4,6H2. The number of phenolic OH excluding ortho intramolecular Hbond substituents is 1. The van der Waals surface area contributed by atoms with Gasteiger partial charge in [0.15, 0.2) is 0 Å². The maximum absolute atomic E-state index is 13.1. The van der Waals surface area contributed by atoms with Gasteiger partial charge in [0.25, 0.3) is 0 Å². The molecule has 1 aliphatic rings. The van der Waals surface area contributed by atoms with E-state index in [9.17, 15) is 9.50 Å². The first-order valence-electron chi connectivity index (χ1n) is 4.29. The van der Waals surface area contributed by atoms with Crippen LogP contribution in [0, 0.1) is 5.82 Å². The monoisotopic (exact) mass is 182 g/mol. The minimum absolute atomic E-state index is 0.0796. The van der Waals surface area contributed by atoms with Crippen LogP contribution in [0.2, 0.25) is 0 Å². The first-order chi connectivity index (χ1) is 6.09. The van der Waals surface area contributed by atoms with Crippen molar-refractivity contribution in [2.24, 2.45) is 0 Å². The lowest BCUT2D eigenvalue weighted by Gasteiger charge is -2.08. The predicted octanol–water partition coefficient (Wildman–Crippen LogP) is 1.60. The summed E-state index contributed by atoms with van der Waals surface area (Å²) < 4.78 is 13.1. The van der Waals surface area contributed by atoms with Crippen molar-refractivity contribution in [3.05, 3.63) is 29.6 Å². The van der Waals surface area contributed by atoms with Gasteiger partial charge in [-0.2, -0.15) is 0 Å². The SMILES string of the molecule is Oc1ccc(CC2(O)CC2)c(F)c1. The van der Waals surface area contributed by atoms with E-state index < -0.39 is 11.4 Å². The molecule has 1 saturated carbocycles. The van der Waals surface area contributed by atoms with Crippen LogP contribution in [-0.4, -0.2) is 15.8 Å². The van der Waals surface area contributed by atoms with Crippen LogP contribution in [0.4, 0.5) is 4.39 Å². The molecule has 13 heavy (non-hydrogen) atoms. The van der Waals surface area contributed by atoms with Gasteiger partial charge in [0.1, 0.15) is 11.6 Å². The molecule has 70 valence electrons. The summed E-state index contributed by atoms with van der Waals surface area (Å²) in [7, 11) is 0. The molecule has 0 amide bonds. The highest BCUT2D eigenvalue weighted by Crippen LogP contribution is 2.38. The second-order valence-electron chi connectivity index (χ2n) is 3.68. The summed E-state index contributed by atoms with van der Waals surface area (Å²) in [5.41, 5.74) is -0.213. The number of halogens is 1. The van der Waals surface area contributed by atoms with E-state index in [2.05, 4.69) is 0 Å². The number of aromatic hydroxyl groups is 1. The topological polar surface area (TPSA) is 40.5 Å². The maximum atomic E-state index is 13.1. The molecule has 2 nitrogen and oxygen atoms in total. The van der Waals surface area contributed by atoms with Gasteiger partial charge in [0, 0.05) is 12.5 Å². The summed E-state index contributed by atoms with van der Waals surface area (Å²) >= 11 is 0. The summed E-state index contributed by atoms with van der Waals surface area (Å²) in [6, 6.07) is 4.02. The summed E-state index contributed by atoms with van der Waals surface area (Å²) in [5, 5.41) is 18.5. The van der Waals surface area contributed by atoms with Gasteiger partial charge in [0.2, 0.25) is 0 Å². The zero-order chi connectivity index (χ0) is 9.47. The van der Waals surface area contributed by atoms with Crippen LogP contribution in [0.1, 0.15) is 18.4 Å². The Hall–Kier alpha value is -1.09. The van der Waals surface area contributed by atoms with Gasteiger partial charge in [-0.1, -0.05) is 6.07 Å². The molecule has 0 aliphatic heterocycles. The van der Waals surface area contributed by atoms with Gasteiger partial charge in [-0.25, -0.2) is 4.39 Å². The molecule has 2 N–H and O–H groups in total. The zero-order valence-electron chi connectivity index (χ0n) is 7.13. The fraction of sp³-hybridized carbons (Fsp3) is 0.400. The van der Waals surface area contributed by atoms with Crippen LogP contribution >= 0.6 is 0 Å². The van der Waals surface area contributed by atoms with Crippen molar-refractivity contribution in [3.8, 4) is 5.75 Å². The van der Waals surface area contributed by atoms with Crippen LogP contribution in [0.25, 0.3) is 0 Å². The van der Waals surface area contributed by atoms with E-state index in [-0.39, 0.29) is 5.75 Å². The van der Waals surface area contributed by atoms with E-state index in [4.69, 9.17) is 5.11 Å². The Kier molecular flexibility index (Phi) is 1.77. The van der Waals surface area contributed by atoms with Crippen molar-refractivity contribution in [2.75, 3.05) is 0 Å². The Morgan fingerprint density at radius 1 is 1.38 bits per heavy atom. The fourth-order valence-electron chi connectivity index (χ4n) is 1.36. The van der Waals surface area contributed by atoms with E-state index in [1.165, 1.54) is 12.1 Å². The Balaban J connectivity index is 2.20. The van der Waals surface area contributed by atoms with Crippen LogP contribution in [0.5, 0.6) is 5.75 Å². The van der Waals surface area contributed by atoms with Gasteiger partial charge in [-0.15, -0.1) is 0 Å². The highest BCUT2D eigenvalue weighted by molar-refractivity contribution is 5.29. The van der Waals surface area contributed by atoms with Gasteiger partial charge in [0.05, 0.1) is 5.60 Å². The quantitative estimate of drug-likeness (QED) is 0.729. The summed E-state index contributed by atoms with van der Waals surface area (Å²) in [4.78, 5) is 0. The van der Waals surface area contributed by atoms with Crippen molar-refractivity contribution in [2.45, 2.75) is 24.9 Å². The van der Waals surface area contributed by atoms with Crippen LogP contribution in [0.15, 0.2) is 18.2 Å². The number of benzene rings is 1. The lowest BCUT2D eigenvalue weighted by atomic mass is 10.1. The lowest BCUT2D eigenvalue weighted by molar-refractivity contribution is 0.149. The Bertz CT molecular complexity index is 332. The minimum Gasteiger partial charge on any atom is -0.508 e. The molecule has 0 atom stereocenters. The molecule has 0 saturated heterocycles. The molecule has 1 fully saturated rings. The molecule has 0 bridgehead atoms. The molecule has 1 aromatic rings. The fourth-order valence-corrected chi connectivity index (χ4v) is 1.36. The molecule has 0 heterocycles. The predicted molar refractivity (Wildman–Crippen MR) is 46.0 cm³/mol. The molecule has 3 heteroatoms. The number of hydrogen-bond acceptors (Lipinski definition) is 2. The highest BCUT2D eigenvalue weighted by atomic mass is 19.1. The first kappa shape index (κ1) is 8.51. The van der Waals surface area contributed by atoms with Crippen LogP contribution in [-0.2, 0) is 6.42 Å². The third-order valence-electron chi connectivity index (χ3n) is 2.38. The normalized spacial score (nSPS) is 18.6. The molecule has 0 unspecified atom stereocenters. The zero-order valence-corrected chi connectivity index (χ0v) is 7.13. The number of aliphatic hydroxyl groups is 1. The Morgan fingerprint density at radius 2 is 2.08 bits per heavy atom.